The Kier molecular flexibility index (Phi) is 4.75. The highest BCUT2D eigenvalue weighted by Gasteiger charge is 2.26. The number of piperidine rings is 1. The molecule has 1 aliphatic rings. The van der Waals surface area contributed by atoms with Gasteiger partial charge in [-0.05, 0) is 43.2 Å². The van der Waals surface area contributed by atoms with E-state index in [9.17, 15) is 4.79 Å². The number of aryl methyl sites for hydroxylation is 1. The molecule has 0 bridgehead atoms. The predicted molar refractivity (Wildman–Crippen MR) is 108 cm³/mol. The van der Waals surface area contributed by atoms with E-state index in [1.54, 1.807) is 7.11 Å². The minimum absolute atomic E-state index is 0.119. The fourth-order valence-corrected chi connectivity index (χ4v) is 3.88. The minimum Gasteiger partial charge on any atom is -0.497 e. The van der Waals surface area contributed by atoms with Gasteiger partial charge in [0, 0.05) is 49.0 Å². The van der Waals surface area contributed by atoms with Crippen molar-refractivity contribution in [2.75, 3.05) is 25.5 Å². The largest absolute Gasteiger partial charge is 0.497 e. The van der Waals surface area contributed by atoms with Crippen molar-refractivity contribution in [2.45, 2.75) is 18.9 Å². The topological polar surface area (TPSA) is 46.5 Å². The second-order valence-electron chi connectivity index (χ2n) is 7.13. The molecule has 0 radical (unpaired) electrons. The Hall–Kier alpha value is -2.95. The number of para-hydroxylation sites is 1. The molecule has 5 heteroatoms. The molecular formula is C22H25N3O2. The molecule has 4 rings (SSSR count). The molecule has 5 nitrogen and oxygen atoms in total. The fraction of sp³-hybridized carbons (Fsp3) is 0.318. The number of hydrogen-bond donors (Lipinski definition) is 1. The van der Waals surface area contributed by atoms with Gasteiger partial charge in [0.05, 0.1) is 12.7 Å². The van der Waals surface area contributed by atoms with Gasteiger partial charge in [0.15, 0.2) is 0 Å². The number of benzene rings is 2. The van der Waals surface area contributed by atoms with E-state index in [0.717, 1.165) is 47.3 Å². The number of nitrogens with zero attached hydrogens (tertiary/aromatic N) is 2. The first-order valence-corrected chi connectivity index (χ1v) is 9.39. The minimum atomic E-state index is 0.119. The molecule has 1 amide bonds. The number of nitrogens with one attached hydrogen (secondary N) is 1. The van der Waals surface area contributed by atoms with Crippen LogP contribution in [0, 0.1) is 0 Å². The average Bonchev–Trinajstić information content (AvgIpc) is 3.05. The third-order valence-corrected chi connectivity index (χ3v) is 5.30. The van der Waals surface area contributed by atoms with E-state index in [1.807, 2.05) is 65.2 Å². The smallest absolute Gasteiger partial charge is 0.256 e. The van der Waals surface area contributed by atoms with Crippen molar-refractivity contribution in [1.82, 2.24) is 9.47 Å². The van der Waals surface area contributed by atoms with Crippen LogP contribution in [0.15, 0.2) is 54.7 Å². The van der Waals surface area contributed by atoms with Crippen molar-refractivity contribution in [3.63, 3.8) is 0 Å². The van der Waals surface area contributed by atoms with Crippen molar-refractivity contribution in [2.24, 2.45) is 7.05 Å². The molecule has 1 saturated heterocycles. The molecule has 1 aliphatic heterocycles. The van der Waals surface area contributed by atoms with Crippen LogP contribution < -0.4 is 10.1 Å². The van der Waals surface area contributed by atoms with Gasteiger partial charge in [-0.1, -0.05) is 18.2 Å². The Bertz CT molecular complexity index is 946. The van der Waals surface area contributed by atoms with Crippen molar-refractivity contribution in [3.05, 3.63) is 60.3 Å². The first-order chi connectivity index (χ1) is 13.2. The lowest BCUT2D eigenvalue weighted by atomic mass is 10.0. The number of rotatable bonds is 4. The molecule has 2 aromatic carbocycles. The summed E-state index contributed by atoms with van der Waals surface area (Å²) in [5.41, 5.74) is 2.93. The lowest BCUT2D eigenvalue weighted by molar-refractivity contribution is 0.0716. The third kappa shape index (κ3) is 3.50. The van der Waals surface area contributed by atoms with Crippen LogP contribution in [0.4, 0.5) is 5.69 Å². The van der Waals surface area contributed by atoms with Crippen LogP contribution in [0.25, 0.3) is 10.9 Å². The number of anilines is 1. The molecule has 1 aromatic heterocycles. The Morgan fingerprint density at radius 3 is 2.70 bits per heavy atom. The van der Waals surface area contributed by atoms with Gasteiger partial charge >= 0.3 is 0 Å². The Morgan fingerprint density at radius 1 is 1.15 bits per heavy atom. The summed E-state index contributed by atoms with van der Waals surface area (Å²) >= 11 is 0. The molecule has 0 aliphatic carbocycles. The van der Waals surface area contributed by atoms with Gasteiger partial charge in [-0.15, -0.1) is 0 Å². The molecule has 3 aromatic rings. The van der Waals surface area contributed by atoms with Gasteiger partial charge in [0.1, 0.15) is 5.75 Å². The first kappa shape index (κ1) is 17.5. The number of amides is 1. The van der Waals surface area contributed by atoms with E-state index >= 15 is 0 Å². The summed E-state index contributed by atoms with van der Waals surface area (Å²) in [5, 5.41) is 4.58. The molecule has 1 fully saturated rings. The average molecular weight is 363 g/mol. The highest BCUT2D eigenvalue weighted by molar-refractivity contribution is 6.07. The van der Waals surface area contributed by atoms with Crippen molar-refractivity contribution >= 4 is 22.5 Å². The highest BCUT2D eigenvalue weighted by Crippen LogP contribution is 2.24. The molecule has 0 spiro atoms. The zero-order valence-corrected chi connectivity index (χ0v) is 15.8. The number of likely N-dealkylation sites (tertiary alicyclic amines) is 1. The second kappa shape index (κ2) is 7.35. The molecular weight excluding hydrogens is 338 g/mol. The van der Waals surface area contributed by atoms with E-state index in [4.69, 9.17) is 4.74 Å². The zero-order chi connectivity index (χ0) is 18.8. The van der Waals surface area contributed by atoms with Crippen molar-refractivity contribution in [3.8, 4) is 5.75 Å². The number of ether oxygens (including phenoxy) is 1. The van der Waals surface area contributed by atoms with Gasteiger partial charge in [0.25, 0.3) is 5.91 Å². The summed E-state index contributed by atoms with van der Waals surface area (Å²) in [7, 11) is 3.66. The van der Waals surface area contributed by atoms with Crippen LogP contribution in [-0.4, -0.2) is 41.6 Å². The van der Waals surface area contributed by atoms with Crippen LogP contribution >= 0.6 is 0 Å². The van der Waals surface area contributed by atoms with E-state index in [2.05, 4.69) is 11.4 Å². The van der Waals surface area contributed by atoms with Crippen LogP contribution in [0.1, 0.15) is 23.2 Å². The standard InChI is InChI=1S/C22H25N3O2/c1-24-15-20(19-7-3-4-8-21(19)24)22(26)25-13-5-6-17(14-25)23-16-9-11-18(27-2)12-10-16/h3-4,7-12,15,17,23H,5-6,13-14H2,1-2H3/t17-/m1/s1. The Labute approximate surface area is 159 Å². The first-order valence-electron chi connectivity index (χ1n) is 9.39. The number of fused-ring (bicyclic) bond motifs is 1. The molecule has 1 atom stereocenters. The summed E-state index contributed by atoms with van der Waals surface area (Å²) < 4.78 is 7.24. The maximum Gasteiger partial charge on any atom is 0.256 e. The van der Waals surface area contributed by atoms with E-state index in [0.29, 0.717) is 6.54 Å². The lowest BCUT2D eigenvalue weighted by Gasteiger charge is -2.33. The number of methoxy groups -OCH3 is 1. The number of carbonyl (C=O) groups is 1. The number of aromatic nitrogens is 1. The summed E-state index contributed by atoms with van der Waals surface area (Å²) in [6.45, 7) is 1.52. The monoisotopic (exact) mass is 363 g/mol. The number of carbonyl (C=O) groups excluding carboxylic acids is 1. The van der Waals surface area contributed by atoms with Crippen LogP contribution in [0.2, 0.25) is 0 Å². The van der Waals surface area contributed by atoms with Gasteiger partial charge in [-0.3, -0.25) is 4.79 Å². The van der Waals surface area contributed by atoms with Crippen molar-refractivity contribution < 1.29 is 9.53 Å². The third-order valence-electron chi connectivity index (χ3n) is 5.30. The van der Waals surface area contributed by atoms with Gasteiger partial charge in [0.2, 0.25) is 0 Å². The van der Waals surface area contributed by atoms with E-state index < -0.39 is 0 Å². The molecule has 2 heterocycles. The number of hydrogen-bond acceptors (Lipinski definition) is 3. The second-order valence-corrected chi connectivity index (χ2v) is 7.13. The van der Waals surface area contributed by atoms with Gasteiger partial charge in [-0.2, -0.15) is 0 Å². The normalized spacial score (nSPS) is 17.1. The summed E-state index contributed by atoms with van der Waals surface area (Å²) in [6, 6.07) is 16.3. The molecule has 140 valence electrons. The molecule has 0 saturated carbocycles. The van der Waals surface area contributed by atoms with Crippen molar-refractivity contribution in [1.29, 1.82) is 0 Å². The highest BCUT2D eigenvalue weighted by atomic mass is 16.5. The predicted octanol–water partition coefficient (Wildman–Crippen LogP) is 3.90. The van der Waals surface area contributed by atoms with Crippen LogP contribution in [0.3, 0.4) is 0 Å². The fourth-order valence-electron chi connectivity index (χ4n) is 3.88. The van der Waals surface area contributed by atoms with Gasteiger partial charge in [-0.25, -0.2) is 0 Å². The molecule has 27 heavy (non-hydrogen) atoms. The van der Waals surface area contributed by atoms with E-state index in [-0.39, 0.29) is 11.9 Å². The summed E-state index contributed by atoms with van der Waals surface area (Å²) in [6.07, 6.45) is 4.02. The van der Waals surface area contributed by atoms with E-state index in [1.165, 1.54) is 0 Å². The SMILES string of the molecule is COc1ccc(N[C@@H]2CCCN(C(=O)c3cn(C)c4ccccc34)C2)cc1. The quantitative estimate of drug-likeness (QED) is 0.765. The maximum atomic E-state index is 13.2. The van der Waals surface area contributed by atoms with Gasteiger partial charge < -0.3 is 19.5 Å². The Balaban J connectivity index is 1.49. The summed E-state index contributed by atoms with van der Waals surface area (Å²) in [4.78, 5) is 15.2. The van der Waals surface area contributed by atoms with Crippen LogP contribution in [0.5, 0.6) is 5.75 Å². The molecule has 1 N–H and O–H groups in total. The maximum absolute atomic E-state index is 13.2. The lowest BCUT2D eigenvalue weighted by Crippen LogP contribution is -2.45. The van der Waals surface area contributed by atoms with Crippen LogP contribution in [-0.2, 0) is 7.05 Å². The molecule has 0 unspecified atom stereocenters. The summed E-state index contributed by atoms with van der Waals surface area (Å²) in [5.74, 6) is 0.963. The Morgan fingerprint density at radius 2 is 1.93 bits per heavy atom. The zero-order valence-electron chi connectivity index (χ0n) is 15.8.